The maximum absolute atomic E-state index is 12.4. The summed E-state index contributed by atoms with van der Waals surface area (Å²) in [6, 6.07) is 14.0. The Morgan fingerprint density at radius 2 is 1.96 bits per heavy atom. The van der Waals surface area contributed by atoms with Gasteiger partial charge >= 0.3 is 11.8 Å². The highest BCUT2D eigenvalue weighted by molar-refractivity contribution is 6.32. The van der Waals surface area contributed by atoms with E-state index in [4.69, 9.17) is 20.8 Å². The molecule has 0 saturated carbocycles. The van der Waals surface area contributed by atoms with Gasteiger partial charge in [-0.25, -0.2) is 0 Å². The van der Waals surface area contributed by atoms with E-state index in [0.717, 1.165) is 5.56 Å². The van der Waals surface area contributed by atoms with Gasteiger partial charge in [0.2, 0.25) is 5.89 Å². The molecule has 3 aromatic rings. The number of rotatable bonds is 5. The number of benzene rings is 2. The number of amides is 1. The van der Waals surface area contributed by atoms with Crippen molar-refractivity contribution in [3.05, 3.63) is 65.0 Å². The topological polar surface area (TPSA) is 85.5 Å². The summed E-state index contributed by atoms with van der Waals surface area (Å²) in [7, 11) is 0. The number of hydrogen-bond donors (Lipinski definition) is 0. The number of nitrogens with zero attached hydrogens (tertiary/aromatic N) is 3. The highest BCUT2D eigenvalue weighted by Gasteiger charge is 2.35. The van der Waals surface area contributed by atoms with E-state index >= 15 is 0 Å². The molecule has 0 unspecified atom stereocenters. The standard InChI is InChI=1S/C19H14ClN3O4/c20-15-8-12(11-24)6-7-16(15)26-14-9-23(10-14)19(25)18-22-21-17(27-18)13-4-2-1-3-5-13/h1-8,11,14H,9-10H2. The Bertz CT molecular complexity index is 984. The molecule has 7 nitrogen and oxygen atoms in total. The van der Waals surface area contributed by atoms with Gasteiger partial charge in [0.1, 0.15) is 18.1 Å². The van der Waals surface area contributed by atoms with Gasteiger partial charge in [-0.15, -0.1) is 10.2 Å². The minimum atomic E-state index is -0.341. The Labute approximate surface area is 159 Å². The lowest BCUT2D eigenvalue weighted by molar-refractivity contribution is 0.0150. The number of aldehydes is 1. The van der Waals surface area contributed by atoms with Crippen LogP contribution in [-0.4, -0.2) is 46.5 Å². The van der Waals surface area contributed by atoms with E-state index in [1.54, 1.807) is 17.0 Å². The van der Waals surface area contributed by atoms with Crippen LogP contribution in [0, 0.1) is 0 Å². The molecule has 1 aromatic heterocycles. The van der Waals surface area contributed by atoms with Crippen LogP contribution in [-0.2, 0) is 0 Å². The van der Waals surface area contributed by atoms with Gasteiger partial charge < -0.3 is 14.1 Å². The molecule has 1 amide bonds. The van der Waals surface area contributed by atoms with E-state index < -0.39 is 0 Å². The Hall–Kier alpha value is -3.19. The molecule has 27 heavy (non-hydrogen) atoms. The summed E-state index contributed by atoms with van der Waals surface area (Å²) in [5.41, 5.74) is 1.23. The molecule has 0 aliphatic carbocycles. The molecule has 1 fully saturated rings. The largest absolute Gasteiger partial charge is 0.485 e. The van der Waals surface area contributed by atoms with Crippen LogP contribution in [0.5, 0.6) is 5.75 Å². The highest BCUT2D eigenvalue weighted by atomic mass is 35.5. The van der Waals surface area contributed by atoms with Gasteiger partial charge in [0.05, 0.1) is 18.1 Å². The molecule has 4 rings (SSSR count). The molecule has 0 bridgehead atoms. The first kappa shape index (κ1) is 17.2. The van der Waals surface area contributed by atoms with Gasteiger partial charge in [-0.1, -0.05) is 29.8 Å². The van der Waals surface area contributed by atoms with Crippen LogP contribution < -0.4 is 4.74 Å². The molecule has 1 saturated heterocycles. The van der Waals surface area contributed by atoms with Crippen molar-refractivity contribution < 1.29 is 18.7 Å². The Morgan fingerprint density at radius 1 is 1.19 bits per heavy atom. The van der Waals surface area contributed by atoms with E-state index in [-0.39, 0.29) is 17.9 Å². The fourth-order valence-corrected chi connectivity index (χ4v) is 2.92. The van der Waals surface area contributed by atoms with Crippen LogP contribution in [0.3, 0.4) is 0 Å². The van der Waals surface area contributed by atoms with Crippen molar-refractivity contribution in [2.75, 3.05) is 13.1 Å². The average Bonchev–Trinajstić information content (AvgIpc) is 3.16. The lowest BCUT2D eigenvalue weighted by Crippen LogP contribution is -2.56. The summed E-state index contributed by atoms with van der Waals surface area (Å²) in [4.78, 5) is 24.7. The van der Waals surface area contributed by atoms with Crippen molar-refractivity contribution in [2.45, 2.75) is 6.10 Å². The van der Waals surface area contributed by atoms with E-state index in [2.05, 4.69) is 10.2 Å². The number of ether oxygens (including phenoxy) is 1. The maximum Gasteiger partial charge on any atom is 0.311 e. The number of halogens is 1. The predicted molar refractivity (Wildman–Crippen MR) is 96.9 cm³/mol. The van der Waals surface area contributed by atoms with Gasteiger partial charge in [0, 0.05) is 11.1 Å². The van der Waals surface area contributed by atoms with Gasteiger partial charge in [-0.3, -0.25) is 9.59 Å². The monoisotopic (exact) mass is 383 g/mol. The Kier molecular flexibility index (Phi) is 4.60. The third kappa shape index (κ3) is 3.54. The molecule has 0 atom stereocenters. The lowest BCUT2D eigenvalue weighted by Gasteiger charge is -2.38. The molecule has 0 radical (unpaired) electrons. The zero-order valence-electron chi connectivity index (χ0n) is 14.0. The van der Waals surface area contributed by atoms with Gasteiger partial charge in [-0.05, 0) is 30.3 Å². The van der Waals surface area contributed by atoms with Crippen molar-refractivity contribution in [1.29, 1.82) is 0 Å². The summed E-state index contributed by atoms with van der Waals surface area (Å²) < 4.78 is 11.2. The van der Waals surface area contributed by atoms with Crippen molar-refractivity contribution in [3.63, 3.8) is 0 Å². The van der Waals surface area contributed by atoms with Gasteiger partial charge in [0.25, 0.3) is 0 Å². The van der Waals surface area contributed by atoms with E-state index in [0.29, 0.717) is 41.6 Å². The summed E-state index contributed by atoms with van der Waals surface area (Å²) in [6.45, 7) is 0.765. The van der Waals surface area contributed by atoms with Crippen LogP contribution in [0.1, 0.15) is 21.0 Å². The van der Waals surface area contributed by atoms with Crippen LogP contribution >= 0.6 is 11.6 Å². The number of likely N-dealkylation sites (tertiary alicyclic amines) is 1. The molecule has 2 aromatic carbocycles. The average molecular weight is 384 g/mol. The second kappa shape index (κ2) is 7.20. The van der Waals surface area contributed by atoms with E-state index in [9.17, 15) is 9.59 Å². The van der Waals surface area contributed by atoms with E-state index in [1.807, 2.05) is 30.3 Å². The normalized spacial score (nSPS) is 13.9. The quantitative estimate of drug-likeness (QED) is 0.629. The fraction of sp³-hybridized carbons (Fsp3) is 0.158. The van der Waals surface area contributed by atoms with Crippen molar-refractivity contribution in [1.82, 2.24) is 15.1 Å². The molecule has 2 heterocycles. The maximum atomic E-state index is 12.4. The number of carbonyl (C=O) groups excluding carboxylic acids is 2. The number of carbonyl (C=O) groups is 2. The van der Waals surface area contributed by atoms with Gasteiger partial charge in [-0.2, -0.15) is 0 Å². The second-order valence-electron chi connectivity index (χ2n) is 6.04. The van der Waals surface area contributed by atoms with Crippen LogP contribution in [0.25, 0.3) is 11.5 Å². The fourth-order valence-electron chi connectivity index (χ4n) is 2.69. The first-order chi connectivity index (χ1) is 13.1. The lowest BCUT2D eigenvalue weighted by atomic mass is 10.1. The third-order valence-corrected chi connectivity index (χ3v) is 4.44. The van der Waals surface area contributed by atoms with Crippen molar-refractivity contribution in [3.8, 4) is 17.2 Å². The number of aromatic nitrogens is 2. The Balaban J connectivity index is 1.36. The SMILES string of the molecule is O=Cc1ccc(OC2CN(C(=O)c3nnc(-c4ccccc4)o3)C2)c(Cl)c1. The van der Waals surface area contributed by atoms with Crippen LogP contribution in [0.15, 0.2) is 52.9 Å². The van der Waals surface area contributed by atoms with Gasteiger partial charge in [0.15, 0.2) is 0 Å². The molecular formula is C19H14ClN3O4. The van der Waals surface area contributed by atoms with E-state index in [1.165, 1.54) is 6.07 Å². The summed E-state index contributed by atoms with van der Waals surface area (Å²) >= 11 is 6.09. The minimum absolute atomic E-state index is 0.0549. The molecule has 0 spiro atoms. The molecule has 8 heteroatoms. The highest BCUT2D eigenvalue weighted by Crippen LogP contribution is 2.28. The first-order valence-electron chi connectivity index (χ1n) is 8.23. The van der Waals surface area contributed by atoms with Crippen LogP contribution in [0.2, 0.25) is 5.02 Å². The van der Waals surface area contributed by atoms with Crippen molar-refractivity contribution >= 4 is 23.8 Å². The number of hydrogen-bond acceptors (Lipinski definition) is 6. The smallest absolute Gasteiger partial charge is 0.311 e. The molecule has 136 valence electrons. The molecule has 0 N–H and O–H groups in total. The molecule has 1 aliphatic rings. The zero-order chi connectivity index (χ0) is 18.8. The van der Waals surface area contributed by atoms with Crippen LogP contribution in [0.4, 0.5) is 0 Å². The third-order valence-electron chi connectivity index (χ3n) is 4.15. The second-order valence-corrected chi connectivity index (χ2v) is 6.44. The van der Waals surface area contributed by atoms with Crippen molar-refractivity contribution in [2.24, 2.45) is 0 Å². The summed E-state index contributed by atoms with van der Waals surface area (Å²) in [5, 5.41) is 8.11. The predicted octanol–water partition coefficient (Wildman–Crippen LogP) is 3.11. The summed E-state index contributed by atoms with van der Waals surface area (Å²) in [6.07, 6.45) is 0.526. The minimum Gasteiger partial charge on any atom is -0.485 e. The molecule has 1 aliphatic heterocycles. The summed E-state index contributed by atoms with van der Waals surface area (Å²) in [5.74, 6) is 0.380. The zero-order valence-corrected chi connectivity index (χ0v) is 14.8. The Morgan fingerprint density at radius 3 is 2.67 bits per heavy atom. The molecular weight excluding hydrogens is 370 g/mol. The first-order valence-corrected chi connectivity index (χ1v) is 8.61.